The van der Waals surface area contributed by atoms with Crippen molar-refractivity contribution in [3.63, 3.8) is 0 Å². The summed E-state index contributed by atoms with van der Waals surface area (Å²) < 4.78 is 0. The maximum atomic E-state index is 11.2. The molecule has 6 heteroatoms. The third kappa shape index (κ3) is 5.08. The van der Waals surface area contributed by atoms with Gasteiger partial charge in [-0.15, -0.1) is 0 Å². The lowest BCUT2D eigenvalue weighted by Gasteiger charge is -2.28. The molecule has 0 aliphatic heterocycles. The van der Waals surface area contributed by atoms with Crippen LogP contribution in [0.5, 0.6) is 11.5 Å². The van der Waals surface area contributed by atoms with Gasteiger partial charge >= 0.3 is 0 Å². The number of phenols is 2. The number of rotatable bonds is 8. The fraction of sp³-hybridized carbons (Fsp3) is 0. The maximum Gasteiger partial charge on any atom is 0.139 e. The second kappa shape index (κ2) is 11.9. The highest BCUT2D eigenvalue weighted by Gasteiger charge is 2.34. The van der Waals surface area contributed by atoms with E-state index in [9.17, 15) is 20.4 Å². The number of anilines is 6. The summed E-state index contributed by atoms with van der Waals surface area (Å²) in [6.45, 7) is 0. The van der Waals surface area contributed by atoms with Crippen LogP contribution in [0.1, 0.15) is 11.1 Å². The monoisotopic (exact) mass is 602 g/mol. The van der Waals surface area contributed by atoms with E-state index in [4.69, 9.17) is 0 Å². The van der Waals surface area contributed by atoms with Gasteiger partial charge in [0.05, 0.1) is 11.1 Å². The largest absolute Gasteiger partial charge is 0.507 e. The Hall–Kier alpha value is -6.40. The van der Waals surface area contributed by atoms with Crippen LogP contribution in [-0.4, -0.2) is 20.4 Å². The van der Waals surface area contributed by atoms with Crippen molar-refractivity contribution < 1.29 is 20.4 Å². The average molecular weight is 603 g/mol. The van der Waals surface area contributed by atoms with Crippen LogP contribution in [0.2, 0.25) is 0 Å². The summed E-state index contributed by atoms with van der Waals surface area (Å²) in [7, 11) is 0. The lowest BCUT2D eigenvalue weighted by molar-refractivity contribution is 0.386. The predicted molar refractivity (Wildman–Crippen MR) is 185 cm³/mol. The highest BCUT2D eigenvalue weighted by atomic mass is 16.3. The fourth-order valence-corrected chi connectivity index (χ4v) is 5.87. The minimum absolute atomic E-state index is 0.109. The van der Waals surface area contributed by atoms with Gasteiger partial charge in [0, 0.05) is 57.4 Å². The fourth-order valence-electron chi connectivity index (χ4n) is 5.87. The van der Waals surface area contributed by atoms with E-state index in [0.717, 1.165) is 22.7 Å². The molecule has 0 heterocycles. The van der Waals surface area contributed by atoms with Crippen LogP contribution < -0.4 is 9.80 Å². The molecule has 0 radical (unpaired) electrons. The second-order valence-corrected chi connectivity index (χ2v) is 10.9. The van der Waals surface area contributed by atoms with Crippen molar-refractivity contribution in [3.05, 3.63) is 180 Å². The molecule has 0 unspecified atom stereocenters. The number of para-hydroxylation sites is 4. The van der Waals surface area contributed by atoms with Crippen LogP contribution in [0, 0.1) is 0 Å². The highest BCUT2D eigenvalue weighted by molar-refractivity contribution is 6.08. The Morgan fingerprint density at radius 3 is 0.848 bits per heavy atom. The zero-order valence-electron chi connectivity index (χ0n) is 24.7. The molecule has 6 nitrogen and oxygen atoms in total. The van der Waals surface area contributed by atoms with Gasteiger partial charge in [-0.05, 0) is 72.8 Å². The topological polar surface area (TPSA) is 87.4 Å². The number of allylic oxidation sites excluding steroid dienone is 2. The molecule has 1 aliphatic carbocycles. The number of hydrogen-bond donors (Lipinski definition) is 4. The Kier molecular flexibility index (Phi) is 7.37. The van der Waals surface area contributed by atoms with Crippen LogP contribution >= 0.6 is 0 Å². The van der Waals surface area contributed by atoms with Gasteiger partial charge in [-0.2, -0.15) is 0 Å². The van der Waals surface area contributed by atoms with Crippen molar-refractivity contribution in [2.75, 3.05) is 9.80 Å². The average Bonchev–Trinajstić information content (AvgIpc) is 3.09. The number of aliphatic hydroxyl groups excluding tert-OH is 2. The number of phenolic OH excluding ortho intramolecular Hbond substituents is 2. The van der Waals surface area contributed by atoms with Crippen LogP contribution in [-0.2, 0) is 0 Å². The van der Waals surface area contributed by atoms with Crippen LogP contribution in [0.25, 0.3) is 11.1 Å². The first-order chi connectivity index (χ1) is 22.5. The van der Waals surface area contributed by atoms with Crippen LogP contribution in [0.15, 0.2) is 169 Å². The molecular weight excluding hydrogens is 572 g/mol. The van der Waals surface area contributed by atoms with E-state index in [2.05, 4.69) is 0 Å². The van der Waals surface area contributed by atoms with Crippen molar-refractivity contribution in [1.29, 1.82) is 0 Å². The first-order valence-corrected chi connectivity index (χ1v) is 14.9. The lowest BCUT2D eigenvalue weighted by Crippen LogP contribution is -2.13. The van der Waals surface area contributed by atoms with Crippen molar-refractivity contribution in [2.24, 2.45) is 0 Å². The molecule has 0 amide bonds. The molecule has 224 valence electrons. The number of nitrogens with zero attached hydrogens (tertiary/aromatic N) is 2. The molecule has 0 atom stereocenters. The standard InChI is InChI=1S/C40H30N2O4/c43-35-25-31(41(27-13-5-1-6-14-27)28-15-7-2-8-16-28)21-23-33(35)37-39(45)38(40(37)46)34-24-22-32(26-36(34)44)42(29-17-9-3-10-18-29)30-19-11-4-12-20-30/h1-26,43-46H. The number of aromatic hydroxyl groups is 2. The quantitative estimate of drug-likeness (QED) is 0.139. The summed E-state index contributed by atoms with van der Waals surface area (Å²) in [6.07, 6.45) is 0. The van der Waals surface area contributed by atoms with E-state index >= 15 is 0 Å². The summed E-state index contributed by atoms with van der Waals surface area (Å²) in [5.41, 5.74) is 5.84. The maximum absolute atomic E-state index is 11.2. The van der Waals surface area contributed by atoms with E-state index in [1.165, 1.54) is 0 Å². The molecule has 7 rings (SSSR count). The summed E-state index contributed by atoms with van der Waals surface area (Å²) in [5, 5.41) is 44.7. The molecule has 0 saturated carbocycles. The third-order valence-corrected chi connectivity index (χ3v) is 8.02. The first-order valence-electron chi connectivity index (χ1n) is 14.9. The molecule has 0 aromatic heterocycles. The first kappa shape index (κ1) is 28.4. The Morgan fingerprint density at radius 1 is 0.304 bits per heavy atom. The minimum Gasteiger partial charge on any atom is -0.507 e. The van der Waals surface area contributed by atoms with E-state index in [0.29, 0.717) is 11.4 Å². The van der Waals surface area contributed by atoms with Gasteiger partial charge in [0.25, 0.3) is 0 Å². The highest BCUT2D eigenvalue weighted by Crippen LogP contribution is 2.50. The summed E-state index contributed by atoms with van der Waals surface area (Å²) in [5.74, 6) is -0.644. The number of hydrogen-bond acceptors (Lipinski definition) is 6. The molecule has 0 bridgehead atoms. The van der Waals surface area contributed by atoms with E-state index in [-0.39, 0.29) is 45.3 Å². The lowest BCUT2D eigenvalue weighted by atomic mass is 9.83. The van der Waals surface area contributed by atoms with E-state index in [1.807, 2.05) is 143 Å². The van der Waals surface area contributed by atoms with Crippen molar-refractivity contribution >= 4 is 45.3 Å². The van der Waals surface area contributed by atoms with Crippen molar-refractivity contribution in [3.8, 4) is 11.5 Å². The van der Waals surface area contributed by atoms with Gasteiger partial charge in [-0.1, -0.05) is 72.8 Å². The normalized spacial score (nSPS) is 12.5. The van der Waals surface area contributed by atoms with Crippen molar-refractivity contribution in [2.45, 2.75) is 0 Å². The molecule has 1 aliphatic rings. The molecular formula is C40H30N2O4. The molecule has 46 heavy (non-hydrogen) atoms. The summed E-state index contributed by atoms with van der Waals surface area (Å²) in [6, 6.07) is 49.4. The molecule has 0 fully saturated rings. The number of aliphatic hydroxyl groups is 2. The van der Waals surface area contributed by atoms with Gasteiger partial charge in [-0.3, -0.25) is 0 Å². The SMILES string of the molecule is OC1=C(c2ccc(N(c3ccccc3)c3ccccc3)cc2O)C(O)=C1c1ccc(N(c2ccccc2)c2ccccc2)cc1O. The molecule has 6 aromatic carbocycles. The predicted octanol–water partition coefficient (Wildman–Crippen LogP) is 10.3. The van der Waals surface area contributed by atoms with Gasteiger partial charge < -0.3 is 30.2 Å². The van der Waals surface area contributed by atoms with Crippen LogP contribution in [0.3, 0.4) is 0 Å². The summed E-state index contributed by atoms with van der Waals surface area (Å²) >= 11 is 0. The van der Waals surface area contributed by atoms with Crippen LogP contribution in [0.4, 0.5) is 34.1 Å². The van der Waals surface area contributed by atoms with Gasteiger partial charge in [0.2, 0.25) is 0 Å². The Balaban J connectivity index is 1.21. The minimum atomic E-state index is -0.213. The third-order valence-electron chi connectivity index (χ3n) is 8.02. The smallest absolute Gasteiger partial charge is 0.139 e. The second-order valence-electron chi connectivity index (χ2n) is 10.9. The van der Waals surface area contributed by atoms with Crippen molar-refractivity contribution in [1.82, 2.24) is 0 Å². The molecule has 0 spiro atoms. The Morgan fingerprint density at radius 2 is 0.587 bits per heavy atom. The molecule has 0 saturated heterocycles. The van der Waals surface area contributed by atoms with E-state index in [1.54, 1.807) is 24.3 Å². The Labute approximate surface area is 266 Å². The van der Waals surface area contributed by atoms with Gasteiger partial charge in [-0.25, -0.2) is 0 Å². The molecule has 4 N–H and O–H groups in total. The Bertz CT molecular complexity index is 1830. The number of benzene rings is 6. The zero-order chi connectivity index (χ0) is 31.6. The van der Waals surface area contributed by atoms with Gasteiger partial charge in [0.15, 0.2) is 0 Å². The summed E-state index contributed by atoms with van der Waals surface area (Å²) in [4.78, 5) is 4.01. The zero-order valence-corrected chi connectivity index (χ0v) is 24.7. The van der Waals surface area contributed by atoms with Gasteiger partial charge in [0.1, 0.15) is 23.0 Å². The molecule has 6 aromatic rings. The van der Waals surface area contributed by atoms with E-state index < -0.39 is 0 Å².